The van der Waals surface area contributed by atoms with Gasteiger partial charge in [-0.2, -0.15) is 0 Å². The highest BCUT2D eigenvalue weighted by Crippen LogP contribution is 2.52. The van der Waals surface area contributed by atoms with Gasteiger partial charge in [-0.15, -0.1) is 6.58 Å². The Balaban J connectivity index is 2.29. The molecule has 2 saturated heterocycles. The van der Waals surface area contributed by atoms with Crippen LogP contribution < -0.4 is 0 Å². The largest absolute Gasteiger partial charge is 0.489 e. The molecule has 0 aromatic carbocycles. The van der Waals surface area contributed by atoms with Crippen LogP contribution in [0.2, 0.25) is 0 Å². The highest BCUT2D eigenvalue weighted by Gasteiger charge is 2.67. The van der Waals surface area contributed by atoms with E-state index in [1.807, 2.05) is 33.8 Å². The molecule has 2 rings (SSSR count). The Labute approximate surface area is 142 Å². The van der Waals surface area contributed by atoms with E-state index in [0.717, 1.165) is 6.42 Å². The van der Waals surface area contributed by atoms with E-state index in [4.69, 9.17) is 18.6 Å². The van der Waals surface area contributed by atoms with Crippen LogP contribution in [0.15, 0.2) is 12.7 Å². The van der Waals surface area contributed by atoms with Gasteiger partial charge in [-0.25, -0.2) is 0 Å². The van der Waals surface area contributed by atoms with Gasteiger partial charge in [-0.1, -0.05) is 19.9 Å². The third kappa shape index (κ3) is 2.62. The second-order valence-corrected chi connectivity index (χ2v) is 8.75. The molecule has 0 aromatic rings. The Morgan fingerprint density at radius 1 is 0.826 bits per heavy atom. The molecule has 2 heterocycles. The van der Waals surface area contributed by atoms with Crippen LogP contribution >= 0.6 is 0 Å². The highest BCUT2D eigenvalue weighted by molar-refractivity contribution is 7.11. The van der Waals surface area contributed by atoms with Gasteiger partial charge in [0.15, 0.2) is 0 Å². The molecule has 0 radical (unpaired) electrons. The zero-order chi connectivity index (χ0) is 17.9. The zero-order valence-electron chi connectivity index (χ0n) is 16.3. The molecule has 2 fully saturated rings. The fourth-order valence-electron chi connectivity index (χ4n) is 3.41. The molecule has 0 amide bonds. The Hall–Kier alpha value is -0.290. The molecule has 0 aliphatic carbocycles. The summed E-state index contributed by atoms with van der Waals surface area (Å²) in [6.07, 6.45) is 2.89. The average molecular weight is 322 g/mol. The van der Waals surface area contributed by atoms with Crippen LogP contribution in [0.5, 0.6) is 0 Å². The van der Waals surface area contributed by atoms with Crippen LogP contribution in [-0.2, 0) is 18.6 Å². The van der Waals surface area contributed by atoms with Crippen molar-refractivity contribution in [2.75, 3.05) is 0 Å². The summed E-state index contributed by atoms with van der Waals surface area (Å²) in [6, 6.07) is 0. The summed E-state index contributed by atoms with van der Waals surface area (Å²) < 4.78 is 24.9. The fourth-order valence-corrected chi connectivity index (χ4v) is 3.41. The van der Waals surface area contributed by atoms with E-state index in [1.165, 1.54) is 0 Å². The number of hydrogen-bond acceptors (Lipinski definition) is 4. The number of rotatable bonds is 4. The normalized spacial score (nSPS) is 34.5. The molecule has 6 heteroatoms. The van der Waals surface area contributed by atoms with Gasteiger partial charge in [-0.3, -0.25) is 0 Å². The van der Waals surface area contributed by atoms with Gasteiger partial charge < -0.3 is 18.6 Å². The summed E-state index contributed by atoms with van der Waals surface area (Å²) in [4.78, 5) is 0. The quantitative estimate of drug-likeness (QED) is 0.582. The average Bonchev–Trinajstić information content (AvgIpc) is 2.80. The smallest absolute Gasteiger partial charge is 0.405 e. The predicted octanol–water partition coefficient (Wildman–Crippen LogP) is 3.83. The van der Waals surface area contributed by atoms with E-state index < -0.39 is 36.4 Å². The first-order chi connectivity index (χ1) is 10.3. The van der Waals surface area contributed by atoms with Crippen molar-refractivity contribution in [2.24, 2.45) is 5.41 Å². The van der Waals surface area contributed by atoms with Crippen LogP contribution in [-0.4, -0.2) is 36.4 Å². The van der Waals surface area contributed by atoms with Crippen molar-refractivity contribution < 1.29 is 18.6 Å². The monoisotopic (exact) mass is 322 g/mol. The van der Waals surface area contributed by atoms with E-state index in [2.05, 4.69) is 41.2 Å². The van der Waals surface area contributed by atoms with Gasteiger partial charge in [0.25, 0.3) is 0 Å². The highest BCUT2D eigenvalue weighted by atomic mass is 16.7. The molecule has 23 heavy (non-hydrogen) atoms. The summed E-state index contributed by atoms with van der Waals surface area (Å²) in [5.74, 6) is 0. The lowest BCUT2D eigenvalue weighted by Crippen LogP contribution is -2.55. The molecule has 4 nitrogen and oxygen atoms in total. The lowest BCUT2D eigenvalue weighted by molar-refractivity contribution is -0.0819. The molecule has 2 atom stereocenters. The molecule has 2 unspecified atom stereocenters. The molecular weight excluding hydrogens is 290 g/mol. The maximum Gasteiger partial charge on any atom is 0.489 e. The first kappa shape index (κ1) is 19.0. The van der Waals surface area contributed by atoms with Crippen LogP contribution in [0, 0.1) is 5.41 Å². The van der Waals surface area contributed by atoms with E-state index in [1.54, 1.807) is 0 Å². The minimum Gasteiger partial charge on any atom is -0.405 e. The van der Waals surface area contributed by atoms with Crippen molar-refractivity contribution in [3.8, 4) is 0 Å². The van der Waals surface area contributed by atoms with Crippen LogP contribution in [0.25, 0.3) is 0 Å². The lowest BCUT2D eigenvalue weighted by atomic mass is 9.49. The number of hydrogen-bond donors (Lipinski definition) is 0. The fraction of sp³-hybridized carbons (Fsp3) is 0.882. The Morgan fingerprint density at radius 2 is 1.22 bits per heavy atom. The van der Waals surface area contributed by atoms with Crippen LogP contribution in [0.1, 0.15) is 68.7 Å². The molecule has 0 bridgehead atoms. The van der Waals surface area contributed by atoms with Crippen molar-refractivity contribution in [3.63, 3.8) is 0 Å². The first-order valence-electron chi connectivity index (χ1n) is 8.60. The SMILES string of the molecule is C=CC(C)(CC)C1(C)OB(B2OC(C)(C)C(C)(C)O2)OC1(C)C. The van der Waals surface area contributed by atoms with Crippen molar-refractivity contribution in [1.29, 1.82) is 0 Å². The third-order valence-corrected chi connectivity index (χ3v) is 6.68. The molecule has 0 aromatic heterocycles. The third-order valence-electron chi connectivity index (χ3n) is 6.68. The van der Waals surface area contributed by atoms with Gasteiger partial charge in [0, 0.05) is 5.41 Å². The summed E-state index contributed by atoms with van der Waals surface area (Å²) >= 11 is 0. The standard InChI is InChI=1S/C17H32B2O4/c1-11-16(9,12-2)17(10)15(7,8)22-19(23-17)18-20-13(3,4)14(5,6)21-18/h11H,1,12H2,2-10H3. The maximum atomic E-state index is 6.44. The molecule has 130 valence electrons. The molecular formula is C17H32B2O4. The van der Waals surface area contributed by atoms with Gasteiger partial charge in [0.05, 0.1) is 22.4 Å². The Bertz CT molecular complexity index is 475. The summed E-state index contributed by atoms with van der Waals surface area (Å²) in [6.45, 7) is 22.7. The van der Waals surface area contributed by atoms with Crippen molar-refractivity contribution in [1.82, 2.24) is 0 Å². The minimum atomic E-state index is -0.554. The zero-order valence-corrected chi connectivity index (χ0v) is 16.3. The molecule has 0 spiro atoms. The molecule has 0 saturated carbocycles. The lowest BCUT2D eigenvalue weighted by Gasteiger charge is -2.48. The van der Waals surface area contributed by atoms with Crippen molar-refractivity contribution >= 4 is 14.0 Å². The Kier molecular flexibility index (Phi) is 4.43. The van der Waals surface area contributed by atoms with Gasteiger partial charge in [-0.05, 0) is 54.9 Å². The van der Waals surface area contributed by atoms with E-state index >= 15 is 0 Å². The van der Waals surface area contributed by atoms with E-state index in [-0.39, 0.29) is 5.41 Å². The Morgan fingerprint density at radius 3 is 1.61 bits per heavy atom. The summed E-state index contributed by atoms with van der Waals surface area (Å²) in [7, 11) is -1.09. The first-order valence-corrected chi connectivity index (χ1v) is 8.60. The van der Waals surface area contributed by atoms with Crippen LogP contribution in [0.4, 0.5) is 0 Å². The van der Waals surface area contributed by atoms with Gasteiger partial charge >= 0.3 is 14.0 Å². The second-order valence-electron chi connectivity index (χ2n) is 8.75. The molecule has 2 aliphatic rings. The van der Waals surface area contributed by atoms with Crippen molar-refractivity contribution in [3.05, 3.63) is 12.7 Å². The molecule has 2 aliphatic heterocycles. The topological polar surface area (TPSA) is 36.9 Å². The summed E-state index contributed by atoms with van der Waals surface area (Å²) in [5, 5.41) is 0. The van der Waals surface area contributed by atoms with Crippen LogP contribution in [0.3, 0.4) is 0 Å². The second kappa shape index (κ2) is 5.35. The minimum absolute atomic E-state index is 0.213. The predicted molar refractivity (Wildman–Crippen MR) is 95.1 cm³/mol. The maximum absolute atomic E-state index is 6.44. The van der Waals surface area contributed by atoms with E-state index in [0.29, 0.717) is 0 Å². The van der Waals surface area contributed by atoms with Gasteiger partial charge in [0.2, 0.25) is 0 Å². The van der Waals surface area contributed by atoms with E-state index in [9.17, 15) is 0 Å². The van der Waals surface area contributed by atoms with Gasteiger partial charge in [0.1, 0.15) is 0 Å². The van der Waals surface area contributed by atoms with Crippen molar-refractivity contribution in [2.45, 2.75) is 91.1 Å². The summed E-state index contributed by atoms with van der Waals surface area (Å²) in [5.41, 5.74) is -2.03. The molecule has 0 N–H and O–H groups in total.